The predicted octanol–water partition coefficient (Wildman–Crippen LogP) is 1.97. The summed E-state index contributed by atoms with van der Waals surface area (Å²) < 4.78 is 5.02. The smallest absolute Gasteiger partial charge is 0.132 e. The van der Waals surface area contributed by atoms with Crippen LogP contribution in [-0.4, -0.2) is 30.2 Å². The highest BCUT2D eigenvalue weighted by molar-refractivity contribution is 5.47. The molecule has 0 aliphatic heterocycles. The zero-order valence-electron chi connectivity index (χ0n) is 9.99. The zero-order chi connectivity index (χ0) is 11.4. The molecule has 2 rings (SSSR count). The second kappa shape index (κ2) is 5.25. The number of aromatic nitrogens is 2. The lowest BCUT2D eigenvalue weighted by molar-refractivity contribution is 0.210. The minimum Gasteiger partial charge on any atom is -0.383 e. The highest BCUT2D eigenvalue weighted by atomic mass is 16.5. The van der Waals surface area contributed by atoms with Gasteiger partial charge in [0.1, 0.15) is 12.1 Å². The van der Waals surface area contributed by atoms with E-state index in [1.165, 1.54) is 24.1 Å². The summed E-state index contributed by atoms with van der Waals surface area (Å²) in [6, 6.07) is 0. The minimum atomic E-state index is 0.681. The van der Waals surface area contributed by atoms with Crippen LogP contribution in [0, 0.1) is 0 Å². The number of nitrogens with zero attached hydrogens (tertiary/aromatic N) is 2. The molecule has 4 nitrogen and oxygen atoms in total. The third kappa shape index (κ3) is 2.50. The maximum Gasteiger partial charge on any atom is 0.132 e. The molecule has 0 unspecified atom stereocenters. The number of rotatable bonds is 6. The Hall–Kier alpha value is -1.16. The van der Waals surface area contributed by atoms with E-state index in [0.29, 0.717) is 12.5 Å². The predicted molar refractivity (Wildman–Crippen MR) is 63.8 cm³/mol. The molecule has 0 spiro atoms. The van der Waals surface area contributed by atoms with Crippen LogP contribution in [-0.2, 0) is 11.2 Å². The van der Waals surface area contributed by atoms with Gasteiger partial charge in [-0.05, 0) is 19.3 Å². The Morgan fingerprint density at radius 2 is 2.25 bits per heavy atom. The van der Waals surface area contributed by atoms with Crippen molar-refractivity contribution < 1.29 is 4.74 Å². The van der Waals surface area contributed by atoms with Crippen molar-refractivity contribution in [2.24, 2.45) is 0 Å². The Kier molecular flexibility index (Phi) is 3.72. The Morgan fingerprint density at radius 3 is 2.88 bits per heavy atom. The van der Waals surface area contributed by atoms with Gasteiger partial charge in [-0.1, -0.05) is 6.92 Å². The fourth-order valence-corrected chi connectivity index (χ4v) is 1.91. The Bertz CT molecular complexity index is 350. The van der Waals surface area contributed by atoms with E-state index < -0.39 is 0 Å². The summed E-state index contributed by atoms with van der Waals surface area (Å²) in [7, 11) is 1.71. The van der Waals surface area contributed by atoms with Crippen molar-refractivity contribution >= 4 is 5.82 Å². The van der Waals surface area contributed by atoms with Crippen molar-refractivity contribution in [3.8, 4) is 0 Å². The molecule has 1 aromatic rings. The molecular weight excluding hydrogens is 202 g/mol. The minimum absolute atomic E-state index is 0.681. The maximum absolute atomic E-state index is 5.02. The van der Waals surface area contributed by atoms with E-state index in [9.17, 15) is 0 Å². The van der Waals surface area contributed by atoms with Crippen LogP contribution in [0.2, 0.25) is 0 Å². The third-order valence-electron chi connectivity index (χ3n) is 2.89. The molecule has 88 valence electrons. The summed E-state index contributed by atoms with van der Waals surface area (Å²) in [5.41, 5.74) is 2.53. The van der Waals surface area contributed by atoms with Crippen LogP contribution in [0.15, 0.2) is 6.33 Å². The molecule has 1 aliphatic carbocycles. The first-order valence-electron chi connectivity index (χ1n) is 5.93. The van der Waals surface area contributed by atoms with Crippen molar-refractivity contribution in [2.75, 3.05) is 25.6 Å². The second-order valence-corrected chi connectivity index (χ2v) is 4.13. The molecule has 0 atom stereocenters. The zero-order valence-corrected chi connectivity index (χ0v) is 9.99. The number of nitrogens with one attached hydrogen (secondary N) is 1. The van der Waals surface area contributed by atoms with E-state index in [2.05, 4.69) is 22.2 Å². The monoisotopic (exact) mass is 221 g/mol. The molecule has 16 heavy (non-hydrogen) atoms. The van der Waals surface area contributed by atoms with Crippen LogP contribution >= 0.6 is 0 Å². The van der Waals surface area contributed by atoms with E-state index in [0.717, 1.165) is 18.8 Å². The number of hydrogen-bond acceptors (Lipinski definition) is 4. The molecular formula is C12H19N3O. The number of methoxy groups -OCH3 is 1. The van der Waals surface area contributed by atoms with Crippen molar-refractivity contribution in [3.63, 3.8) is 0 Å². The molecule has 0 aromatic carbocycles. The van der Waals surface area contributed by atoms with Crippen LogP contribution in [0.1, 0.15) is 36.9 Å². The van der Waals surface area contributed by atoms with Crippen molar-refractivity contribution in [3.05, 3.63) is 17.6 Å². The SMILES string of the molecule is CCc1c(NCCOC)ncnc1C1CC1. The summed E-state index contributed by atoms with van der Waals surface area (Å²) >= 11 is 0. The lowest BCUT2D eigenvalue weighted by atomic mass is 10.1. The average molecular weight is 221 g/mol. The fraction of sp³-hybridized carbons (Fsp3) is 0.667. The van der Waals surface area contributed by atoms with E-state index in [1.54, 1.807) is 13.4 Å². The van der Waals surface area contributed by atoms with Crippen LogP contribution in [0.25, 0.3) is 0 Å². The van der Waals surface area contributed by atoms with Gasteiger partial charge in [0.15, 0.2) is 0 Å². The molecule has 1 N–H and O–H groups in total. The van der Waals surface area contributed by atoms with Crippen molar-refractivity contribution in [2.45, 2.75) is 32.1 Å². The summed E-state index contributed by atoms with van der Waals surface area (Å²) in [5, 5.41) is 3.31. The van der Waals surface area contributed by atoms with Gasteiger partial charge < -0.3 is 10.1 Å². The van der Waals surface area contributed by atoms with Gasteiger partial charge in [-0.15, -0.1) is 0 Å². The van der Waals surface area contributed by atoms with Crippen molar-refractivity contribution in [1.82, 2.24) is 9.97 Å². The van der Waals surface area contributed by atoms with Gasteiger partial charge in [0, 0.05) is 25.1 Å². The molecule has 4 heteroatoms. The summed E-state index contributed by atoms with van der Waals surface area (Å²) in [6.07, 6.45) is 5.22. The van der Waals surface area contributed by atoms with E-state index in [1.807, 2.05) is 0 Å². The molecule has 0 radical (unpaired) electrons. The van der Waals surface area contributed by atoms with Gasteiger partial charge in [0.05, 0.1) is 12.3 Å². The van der Waals surface area contributed by atoms with E-state index in [-0.39, 0.29) is 0 Å². The first-order chi connectivity index (χ1) is 7.86. The van der Waals surface area contributed by atoms with Gasteiger partial charge in [0.25, 0.3) is 0 Å². The molecule has 0 bridgehead atoms. The molecule has 1 heterocycles. The van der Waals surface area contributed by atoms with E-state index in [4.69, 9.17) is 4.74 Å². The van der Waals surface area contributed by atoms with Gasteiger partial charge in [-0.25, -0.2) is 9.97 Å². The quantitative estimate of drug-likeness (QED) is 0.746. The topological polar surface area (TPSA) is 47.0 Å². The Labute approximate surface area is 96.4 Å². The van der Waals surface area contributed by atoms with Gasteiger partial charge in [-0.3, -0.25) is 0 Å². The second-order valence-electron chi connectivity index (χ2n) is 4.13. The molecule has 0 amide bonds. The lowest BCUT2D eigenvalue weighted by Crippen LogP contribution is -2.12. The highest BCUT2D eigenvalue weighted by Gasteiger charge is 2.28. The van der Waals surface area contributed by atoms with E-state index >= 15 is 0 Å². The third-order valence-corrected chi connectivity index (χ3v) is 2.89. The van der Waals surface area contributed by atoms with Crippen molar-refractivity contribution in [1.29, 1.82) is 0 Å². The number of anilines is 1. The fourth-order valence-electron chi connectivity index (χ4n) is 1.91. The van der Waals surface area contributed by atoms with Gasteiger partial charge in [0.2, 0.25) is 0 Å². The lowest BCUT2D eigenvalue weighted by Gasteiger charge is -2.12. The molecule has 0 saturated heterocycles. The maximum atomic E-state index is 5.02. The first-order valence-corrected chi connectivity index (χ1v) is 5.93. The number of ether oxygens (including phenoxy) is 1. The first kappa shape index (κ1) is 11.3. The van der Waals surface area contributed by atoms with Crippen LogP contribution < -0.4 is 5.32 Å². The van der Waals surface area contributed by atoms with Crippen LogP contribution in [0.3, 0.4) is 0 Å². The van der Waals surface area contributed by atoms with Gasteiger partial charge >= 0.3 is 0 Å². The molecule has 1 saturated carbocycles. The summed E-state index contributed by atoms with van der Waals surface area (Å²) in [4.78, 5) is 8.73. The normalized spacial score (nSPS) is 15.1. The van der Waals surface area contributed by atoms with Crippen LogP contribution in [0.5, 0.6) is 0 Å². The number of hydrogen-bond donors (Lipinski definition) is 1. The average Bonchev–Trinajstić information content (AvgIpc) is 3.13. The summed E-state index contributed by atoms with van der Waals surface area (Å²) in [5.74, 6) is 1.66. The molecule has 1 fully saturated rings. The van der Waals surface area contributed by atoms with Crippen LogP contribution in [0.4, 0.5) is 5.82 Å². The Balaban J connectivity index is 2.12. The Morgan fingerprint density at radius 1 is 1.44 bits per heavy atom. The summed E-state index contributed by atoms with van der Waals surface area (Å²) in [6.45, 7) is 3.66. The van der Waals surface area contributed by atoms with Gasteiger partial charge in [-0.2, -0.15) is 0 Å². The molecule has 1 aromatic heterocycles. The standard InChI is InChI=1S/C12H19N3O/c1-3-10-11(9-4-5-9)14-8-15-12(10)13-6-7-16-2/h8-9H,3-7H2,1-2H3,(H,13,14,15). The largest absolute Gasteiger partial charge is 0.383 e. The highest BCUT2D eigenvalue weighted by Crippen LogP contribution is 2.41. The molecule has 1 aliphatic rings.